The molecule has 0 bridgehead atoms. The van der Waals surface area contributed by atoms with Crippen LogP contribution in [0.3, 0.4) is 0 Å². The van der Waals surface area contributed by atoms with Gasteiger partial charge in [-0.15, -0.1) is 0 Å². The number of fused-ring (bicyclic) bond motifs is 1. The van der Waals surface area contributed by atoms with Gasteiger partial charge >= 0.3 is 0 Å². The van der Waals surface area contributed by atoms with Crippen LogP contribution in [0.15, 0.2) is 30.3 Å². The number of hydrogen-bond acceptors (Lipinski definition) is 3. The fourth-order valence-electron chi connectivity index (χ4n) is 3.75. The minimum Gasteiger partial charge on any atom is -0.296 e. The number of benzene rings is 2. The topological polar surface area (TPSA) is 63.2 Å². The minimum atomic E-state index is -0.132. The van der Waals surface area contributed by atoms with Crippen molar-refractivity contribution >= 4 is 28.4 Å². The third-order valence-electron chi connectivity index (χ3n) is 5.37. The quantitative estimate of drug-likeness (QED) is 0.589. The lowest BCUT2D eigenvalue weighted by Gasteiger charge is -2.23. The molecule has 0 aromatic heterocycles. The average Bonchev–Trinajstić information content (AvgIpc) is 2.61. The summed E-state index contributed by atoms with van der Waals surface area (Å²) in [5.41, 5.74) is 3.33. The number of aryl methyl sites for hydroxylation is 1. The largest absolute Gasteiger partial charge is 0.296 e. The van der Waals surface area contributed by atoms with Crippen LogP contribution in [-0.4, -0.2) is 17.6 Å². The Hall–Kier alpha value is -2.49. The van der Waals surface area contributed by atoms with E-state index < -0.39 is 0 Å². The van der Waals surface area contributed by atoms with Crippen LogP contribution in [0.25, 0.3) is 10.8 Å². The molecule has 1 fully saturated rings. The summed E-state index contributed by atoms with van der Waals surface area (Å²) in [4.78, 5) is 33.5. The fraction of sp³-hybridized carbons (Fsp3) is 0.458. The van der Waals surface area contributed by atoms with E-state index in [0.29, 0.717) is 24.7 Å². The molecular weight excluding hydrogens is 350 g/mol. The Balaban J connectivity index is 0.000000221. The van der Waals surface area contributed by atoms with E-state index in [2.05, 4.69) is 44.3 Å². The van der Waals surface area contributed by atoms with Crippen LogP contribution in [-0.2, 0) is 9.59 Å². The second-order valence-corrected chi connectivity index (χ2v) is 8.21. The van der Waals surface area contributed by atoms with E-state index in [0.717, 1.165) is 10.9 Å². The molecule has 1 N–H and O–H groups in total. The van der Waals surface area contributed by atoms with Crippen LogP contribution in [0.1, 0.15) is 74.9 Å². The van der Waals surface area contributed by atoms with Crippen molar-refractivity contribution in [1.82, 2.24) is 5.32 Å². The minimum absolute atomic E-state index is 0.0349. The Morgan fingerprint density at radius 2 is 1.75 bits per heavy atom. The molecule has 1 unspecified atom stereocenters. The van der Waals surface area contributed by atoms with Gasteiger partial charge < -0.3 is 0 Å². The van der Waals surface area contributed by atoms with Crippen molar-refractivity contribution in [1.29, 1.82) is 0 Å². The van der Waals surface area contributed by atoms with Gasteiger partial charge in [0.1, 0.15) is 0 Å². The number of Topliss-reactive ketones (excluding diaryl/α,β-unsaturated/α-hetero) is 1. The van der Waals surface area contributed by atoms with Gasteiger partial charge in [-0.2, -0.15) is 0 Å². The number of ketones is 1. The molecule has 2 aromatic carbocycles. The Morgan fingerprint density at radius 1 is 1.07 bits per heavy atom. The maximum absolute atomic E-state index is 11.7. The Kier molecular flexibility index (Phi) is 7.11. The fourth-order valence-corrected chi connectivity index (χ4v) is 3.75. The number of hydrogen-bond donors (Lipinski definition) is 1. The average molecular weight is 382 g/mol. The molecule has 4 heteroatoms. The van der Waals surface area contributed by atoms with Gasteiger partial charge in [-0.1, -0.05) is 58.0 Å². The Bertz CT molecular complexity index is 896. The van der Waals surface area contributed by atoms with Crippen LogP contribution in [0.5, 0.6) is 0 Å². The Morgan fingerprint density at radius 3 is 2.29 bits per heavy atom. The Labute approximate surface area is 167 Å². The lowest BCUT2D eigenvalue weighted by molar-refractivity contribution is -0.137. The summed E-state index contributed by atoms with van der Waals surface area (Å²) in [5, 5.41) is 4.67. The van der Waals surface area contributed by atoms with E-state index in [1.807, 2.05) is 26.0 Å². The van der Waals surface area contributed by atoms with E-state index in [1.165, 1.54) is 16.5 Å². The number of carbonyl (C=O) groups excluding carboxylic acids is 3. The molecule has 2 aromatic rings. The molecule has 1 atom stereocenters. The van der Waals surface area contributed by atoms with Crippen LogP contribution in [0.4, 0.5) is 0 Å². The molecule has 2 amide bonds. The van der Waals surface area contributed by atoms with Crippen molar-refractivity contribution in [2.75, 3.05) is 0 Å². The summed E-state index contributed by atoms with van der Waals surface area (Å²) >= 11 is 0. The molecule has 28 heavy (non-hydrogen) atoms. The third-order valence-corrected chi connectivity index (χ3v) is 5.37. The second kappa shape index (κ2) is 9.13. The highest BCUT2D eigenvalue weighted by molar-refractivity contribution is 6.09. The van der Waals surface area contributed by atoms with Crippen LogP contribution < -0.4 is 5.32 Å². The maximum Gasteiger partial charge on any atom is 0.229 e. The van der Waals surface area contributed by atoms with E-state index in [4.69, 9.17) is 0 Å². The zero-order valence-electron chi connectivity index (χ0n) is 17.8. The van der Waals surface area contributed by atoms with Crippen LogP contribution >= 0.6 is 0 Å². The number of imide groups is 1. The zero-order valence-corrected chi connectivity index (χ0v) is 17.8. The lowest BCUT2D eigenvalue weighted by atomic mass is 9.88. The molecule has 1 saturated heterocycles. The van der Waals surface area contributed by atoms with Gasteiger partial charge in [0.2, 0.25) is 11.8 Å². The van der Waals surface area contributed by atoms with Gasteiger partial charge in [0, 0.05) is 17.9 Å². The first-order valence-corrected chi connectivity index (χ1v) is 10.00. The smallest absolute Gasteiger partial charge is 0.229 e. The SMILES string of the molecule is CC(=O)c1cccc2c(C(C)C)ccc(C)c12.CC(C)C1CCC(=O)NC1=O. The number of piperidine rings is 1. The van der Waals surface area contributed by atoms with E-state index in [9.17, 15) is 14.4 Å². The summed E-state index contributed by atoms with van der Waals surface area (Å²) < 4.78 is 0. The third kappa shape index (κ3) is 4.86. The maximum atomic E-state index is 11.7. The second-order valence-electron chi connectivity index (χ2n) is 8.21. The van der Waals surface area contributed by atoms with Crippen LogP contribution in [0, 0.1) is 18.8 Å². The molecule has 3 rings (SSSR count). The number of rotatable bonds is 3. The molecule has 1 aliphatic heterocycles. The monoisotopic (exact) mass is 381 g/mol. The highest BCUT2D eigenvalue weighted by Gasteiger charge is 2.28. The number of amides is 2. The van der Waals surface area contributed by atoms with Crippen molar-refractivity contribution in [3.05, 3.63) is 47.0 Å². The molecule has 1 aliphatic rings. The standard InChI is InChI=1S/C16H18O.C8H13NO2/c1-10(2)13-9-8-11(3)16-14(12(4)17)6-5-7-15(13)16;1-5(2)6-3-4-7(10)9-8(6)11/h5-10H,1-4H3;5-6H,3-4H2,1-2H3,(H,9,10,11). The predicted octanol–water partition coefficient (Wildman–Crippen LogP) is 5.17. The van der Waals surface area contributed by atoms with Gasteiger partial charge in [-0.25, -0.2) is 0 Å². The van der Waals surface area contributed by atoms with E-state index in [1.54, 1.807) is 6.92 Å². The molecule has 150 valence electrons. The van der Waals surface area contributed by atoms with E-state index in [-0.39, 0.29) is 23.5 Å². The summed E-state index contributed by atoms with van der Waals surface area (Å²) in [7, 11) is 0. The first-order valence-electron chi connectivity index (χ1n) is 10.00. The number of carbonyl (C=O) groups is 3. The normalized spacial score (nSPS) is 16.8. The molecule has 0 aliphatic carbocycles. The molecule has 0 saturated carbocycles. The van der Waals surface area contributed by atoms with Gasteiger partial charge in [-0.05, 0) is 54.0 Å². The summed E-state index contributed by atoms with van der Waals surface area (Å²) in [6, 6.07) is 10.3. The highest BCUT2D eigenvalue weighted by atomic mass is 16.2. The first-order chi connectivity index (χ1) is 13.1. The van der Waals surface area contributed by atoms with Gasteiger partial charge in [0.25, 0.3) is 0 Å². The molecule has 1 heterocycles. The zero-order chi connectivity index (χ0) is 21.0. The van der Waals surface area contributed by atoms with Crippen molar-refractivity contribution < 1.29 is 14.4 Å². The predicted molar refractivity (Wildman–Crippen MR) is 113 cm³/mol. The lowest BCUT2D eigenvalue weighted by Crippen LogP contribution is -2.42. The molecule has 0 radical (unpaired) electrons. The molecule has 0 spiro atoms. The molecule has 4 nitrogen and oxygen atoms in total. The van der Waals surface area contributed by atoms with Crippen molar-refractivity contribution in [3.8, 4) is 0 Å². The number of nitrogens with one attached hydrogen (secondary N) is 1. The van der Waals surface area contributed by atoms with Crippen molar-refractivity contribution in [2.45, 2.75) is 60.3 Å². The van der Waals surface area contributed by atoms with Crippen molar-refractivity contribution in [2.24, 2.45) is 11.8 Å². The van der Waals surface area contributed by atoms with Gasteiger partial charge in [-0.3, -0.25) is 19.7 Å². The van der Waals surface area contributed by atoms with Gasteiger partial charge in [0.15, 0.2) is 5.78 Å². The van der Waals surface area contributed by atoms with Crippen molar-refractivity contribution in [3.63, 3.8) is 0 Å². The van der Waals surface area contributed by atoms with Gasteiger partial charge in [0.05, 0.1) is 0 Å². The summed E-state index contributed by atoms with van der Waals surface area (Å²) in [6.45, 7) is 12.1. The molecular formula is C24H31NO3. The first kappa shape index (κ1) is 21.8. The van der Waals surface area contributed by atoms with Crippen LogP contribution in [0.2, 0.25) is 0 Å². The highest BCUT2D eigenvalue weighted by Crippen LogP contribution is 2.30. The summed E-state index contributed by atoms with van der Waals surface area (Å²) in [5.74, 6) is 0.749. The summed E-state index contributed by atoms with van der Waals surface area (Å²) in [6.07, 6.45) is 1.21. The van der Waals surface area contributed by atoms with E-state index >= 15 is 0 Å².